The molecule has 0 aliphatic rings. The maximum Gasteiger partial charge on any atom is 0.263 e. The summed E-state index contributed by atoms with van der Waals surface area (Å²) in [5, 5.41) is 0. The molecule has 0 saturated heterocycles. The molecule has 0 fully saturated rings. The summed E-state index contributed by atoms with van der Waals surface area (Å²) >= 11 is 0. The first kappa shape index (κ1) is 15.5. The van der Waals surface area contributed by atoms with Crippen LogP contribution in [0.3, 0.4) is 0 Å². The molecule has 0 heterocycles. The van der Waals surface area contributed by atoms with Gasteiger partial charge in [-0.05, 0) is 31.9 Å². The Kier molecular flexibility index (Phi) is 7.01. The van der Waals surface area contributed by atoms with Crippen molar-refractivity contribution in [2.75, 3.05) is 13.1 Å². The highest BCUT2D eigenvalue weighted by Crippen LogP contribution is 2.14. The van der Waals surface area contributed by atoms with Gasteiger partial charge in [-0.25, -0.2) is 0 Å². The van der Waals surface area contributed by atoms with Gasteiger partial charge in [-0.1, -0.05) is 38.5 Å². The van der Waals surface area contributed by atoms with E-state index < -0.39 is 0 Å². The van der Waals surface area contributed by atoms with Crippen molar-refractivity contribution in [1.82, 2.24) is 4.90 Å². The molecule has 1 atom stereocenters. The predicted molar refractivity (Wildman–Crippen MR) is 78.3 cm³/mol. The van der Waals surface area contributed by atoms with Gasteiger partial charge in [0.15, 0.2) is 6.10 Å². The monoisotopic (exact) mass is 263 g/mol. The van der Waals surface area contributed by atoms with Gasteiger partial charge in [0.05, 0.1) is 0 Å². The SMILES string of the molecule is CCCCN(CC)C(=O)C(CC)Oc1ccccc1. The van der Waals surface area contributed by atoms with E-state index in [1.54, 1.807) is 0 Å². The third kappa shape index (κ3) is 4.93. The van der Waals surface area contributed by atoms with E-state index in [2.05, 4.69) is 6.92 Å². The standard InChI is InChI=1S/C16H25NO2/c1-4-7-13-17(6-3)16(18)15(5-2)19-14-11-9-8-10-12-14/h8-12,15H,4-7,13H2,1-3H3. The van der Waals surface area contributed by atoms with Gasteiger partial charge in [0.2, 0.25) is 0 Å². The summed E-state index contributed by atoms with van der Waals surface area (Å²) < 4.78 is 5.80. The second-order valence-corrected chi connectivity index (χ2v) is 4.60. The lowest BCUT2D eigenvalue weighted by Crippen LogP contribution is -2.42. The van der Waals surface area contributed by atoms with E-state index in [0.29, 0.717) is 6.42 Å². The van der Waals surface area contributed by atoms with Crippen LogP contribution >= 0.6 is 0 Å². The van der Waals surface area contributed by atoms with Crippen LogP contribution in [-0.2, 0) is 4.79 Å². The number of ether oxygens (including phenoxy) is 1. The normalized spacial score (nSPS) is 11.9. The highest BCUT2D eigenvalue weighted by atomic mass is 16.5. The molecule has 1 aromatic rings. The Labute approximate surface area is 116 Å². The molecule has 0 aromatic heterocycles. The molecule has 0 N–H and O–H groups in total. The molecule has 0 aliphatic carbocycles. The zero-order chi connectivity index (χ0) is 14.1. The van der Waals surface area contributed by atoms with E-state index in [0.717, 1.165) is 31.7 Å². The summed E-state index contributed by atoms with van der Waals surface area (Å²) in [5.74, 6) is 0.858. The van der Waals surface area contributed by atoms with Crippen LogP contribution in [0.1, 0.15) is 40.0 Å². The zero-order valence-electron chi connectivity index (χ0n) is 12.3. The second kappa shape index (κ2) is 8.57. The molecule has 19 heavy (non-hydrogen) atoms. The van der Waals surface area contributed by atoms with Gasteiger partial charge < -0.3 is 9.64 Å². The lowest BCUT2D eigenvalue weighted by Gasteiger charge is -2.26. The largest absolute Gasteiger partial charge is 0.481 e. The van der Waals surface area contributed by atoms with Crippen LogP contribution in [0.15, 0.2) is 30.3 Å². The highest BCUT2D eigenvalue weighted by molar-refractivity contribution is 5.81. The lowest BCUT2D eigenvalue weighted by molar-refractivity contribution is -0.138. The van der Waals surface area contributed by atoms with Crippen molar-refractivity contribution in [3.05, 3.63) is 30.3 Å². The number of carbonyl (C=O) groups excluding carboxylic acids is 1. The lowest BCUT2D eigenvalue weighted by atomic mass is 10.2. The Bertz CT molecular complexity index is 364. The highest BCUT2D eigenvalue weighted by Gasteiger charge is 2.23. The van der Waals surface area contributed by atoms with Gasteiger partial charge in [-0.3, -0.25) is 4.79 Å². The maximum absolute atomic E-state index is 12.4. The molecule has 1 unspecified atom stereocenters. The van der Waals surface area contributed by atoms with Crippen molar-refractivity contribution in [1.29, 1.82) is 0 Å². The first-order valence-corrected chi connectivity index (χ1v) is 7.23. The molecule has 3 heteroatoms. The molecule has 106 valence electrons. The fraction of sp³-hybridized carbons (Fsp3) is 0.562. The van der Waals surface area contributed by atoms with Crippen LogP contribution in [0.5, 0.6) is 5.75 Å². The van der Waals surface area contributed by atoms with Crippen LogP contribution in [0, 0.1) is 0 Å². The Balaban J connectivity index is 2.64. The predicted octanol–water partition coefficient (Wildman–Crippen LogP) is 3.49. The fourth-order valence-corrected chi connectivity index (χ4v) is 1.95. The van der Waals surface area contributed by atoms with E-state index in [4.69, 9.17) is 4.74 Å². The summed E-state index contributed by atoms with van der Waals surface area (Å²) in [6, 6.07) is 9.55. The summed E-state index contributed by atoms with van der Waals surface area (Å²) in [6.07, 6.45) is 2.46. The number of amides is 1. The summed E-state index contributed by atoms with van der Waals surface area (Å²) in [4.78, 5) is 14.3. The quantitative estimate of drug-likeness (QED) is 0.718. The number of benzene rings is 1. The molecule has 3 nitrogen and oxygen atoms in total. The molecule has 1 aromatic carbocycles. The van der Waals surface area contributed by atoms with E-state index in [1.807, 2.05) is 49.1 Å². The molecular weight excluding hydrogens is 238 g/mol. The first-order chi connectivity index (χ1) is 9.22. The number of hydrogen-bond donors (Lipinski definition) is 0. The van der Waals surface area contributed by atoms with E-state index in [1.165, 1.54) is 0 Å². The van der Waals surface area contributed by atoms with Crippen molar-refractivity contribution < 1.29 is 9.53 Å². The maximum atomic E-state index is 12.4. The Morgan fingerprint density at radius 2 is 1.89 bits per heavy atom. The molecule has 0 radical (unpaired) electrons. The van der Waals surface area contributed by atoms with E-state index in [9.17, 15) is 4.79 Å². The van der Waals surface area contributed by atoms with Gasteiger partial charge in [-0.2, -0.15) is 0 Å². The van der Waals surface area contributed by atoms with Crippen LogP contribution in [0.2, 0.25) is 0 Å². The minimum absolute atomic E-state index is 0.0994. The van der Waals surface area contributed by atoms with Crippen molar-refractivity contribution in [3.63, 3.8) is 0 Å². The van der Waals surface area contributed by atoms with Gasteiger partial charge in [0, 0.05) is 13.1 Å². The number of para-hydroxylation sites is 1. The summed E-state index contributed by atoms with van der Waals surface area (Å²) in [7, 11) is 0. The van der Waals surface area contributed by atoms with Crippen LogP contribution in [0.25, 0.3) is 0 Å². The number of carbonyl (C=O) groups is 1. The van der Waals surface area contributed by atoms with E-state index in [-0.39, 0.29) is 12.0 Å². The molecule has 0 spiro atoms. The molecule has 0 saturated carbocycles. The molecular formula is C16H25NO2. The van der Waals surface area contributed by atoms with Crippen LogP contribution in [0.4, 0.5) is 0 Å². The van der Waals surface area contributed by atoms with Crippen LogP contribution < -0.4 is 4.74 Å². The van der Waals surface area contributed by atoms with Crippen molar-refractivity contribution in [2.45, 2.75) is 46.1 Å². The minimum atomic E-state index is -0.376. The Morgan fingerprint density at radius 1 is 1.21 bits per heavy atom. The van der Waals surface area contributed by atoms with Crippen LogP contribution in [-0.4, -0.2) is 30.0 Å². The molecule has 0 bridgehead atoms. The number of hydrogen-bond acceptors (Lipinski definition) is 2. The van der Waals surface area contributed by atoms with Gasteiger partial charge >= 0.3 is 0 Å². The number of likely N-dealkylation sites (N-methyl/N-ethyl adjacent to an activating group) is 1. The van der Waals surface area contributed by atoms with Gasteiger partial charge in [0.25, 0.3) is 5.91 Å². The smallest absolute Gasteiger partial charge is 0.263 e. The number of rotatable bonds is 8. The third-order valence-electron chi connectivity index (χ3n) is 3.14. The fourth-order valence-electron chi connectivity index (χ4n) is 1.95. The second-order valence-electron chi connectivity index (χ2n) is 4.60. The third-order valence-corrected chi connectivity index (χ3v) is 3.14. The van der Waals surface area contributed by atoms with Gasteiger partial charge in [0.1, 0.15) is 5.75 Å². The van der Waals surface area contributed by atoms with Crippen molar-refractivity contribution >= 4 is 5.91 Å². The molecule has 1 rings (SSSR count). The first-order valence-electron chi connectivity index (χ1n) is 7.23. The molecule has 0 aliphatic heterocycles. The van der Waals surface area contributed by atoms with Gasteiger partial charge in [-0.15, -0.1) is 0 Å². The average molecular weight is 263 g/mol. The van der Waals surface area contributed by atoms with E-state index >= 15 is 0 Å². The topological polar surface area (TPSA) is 29.5 Å². The Hall–Kier alpha value is -1.51. The number of nitrogens with zero attached hydrogens (tertiary/aromatic N) is 1. The summed E-state index contributed by atoms with van der Waals surface area (Å²) in [6.45, 7) is 7.70. The van der Waals surface area contributed by atoms with Crippen molar-refractivity contribution in [2.24, 2.45) is 0 Å². The number of unbranched alkanes of at least 4 members (excludes halogenated alkanes) is 1. The Morgan fingerprint density at radius 3 is 2.42 bits per heavy atom. The average Bonchev–Trinajstić information content (AvgIpc) is 2.46. The summed E-state index contributed by atoms with van der Waals surface area (Å²) in [5.41, 5.74) is 0. The molecule has 1 amide bonds. The zero-order valence-corrected chi connectivity index (χ0v) is 12.3. The minimum Gasteiger partial charge on any atom is -0.481 e. The van der Waals surface area contributed by atoms with Crippen molar-refractivity contribution in [3.8, 4) is 5.75 Å².